The molecule has 2 nitrogen and oxygen atoms in total. The quantitative estimate of drug-likeness (QED) is 0.379. The highest BCUT2D eigenvalue weighted by atomic mass is 16.4. The van der Waals surface area contributed by atoms with Crippen LogP contribution >= 0.6 is 0 Å². The number of rotatable bonds is 2. The van der Waals surface area contributed by atoms with Crippen LogP contribution in [0.3, 0.4) is 0 Å². The van der Waals surface area contributed by atoms with Crippen molar-refractivity contribution in [3.63, 3.8) is 0 Å². The lowest BCUT2D eigenvalue weighted by Crippen LogP contribution is -2.15. The van der Waals surface area contributed by atoms with Gasteiger partial charge in [-0.2, -0.15) is 0 Å². The minimum Gasteiger partial charge on any atom is -0.427 e. The van der Waals surface area contributed by atoms with Crippen LogP contribution in [0.4, 0.5) is 0 Å². The molecule has 0 aromatic rings. The Morgan fingerprint density at radius 3 is 2.14 bits per heavy atom. The Morgan fingerprint density at radius 1 is 1.71 bits per heavy atom. The molecule has 0 saturated carbocycles. The maximum atomic E-state index is 8.31. The van der Waals surface area contributed by atoms with Gasteiger partial charge in [0, 0.05) is 5.82 Å². The van der Waals surface area contributed by atoms with Gasteiger partial charge in [0.1, 0.15) is 0 Å². The summed E-state index contributed by atoms with van der Waals surface area (Å²) in [6, 6.07) is 0. The molecule has 0 amide bonds. The van der Waals surface area contributed by atoms with E-state index in [2.05, 4.69) is 6.58 Å². The van der Waals surface area contributed by atoms with Crippen LogP contribution in [0.1, 0.15) is 6.92 Å². The van der Waals surface area contributed by atoms with Gasteiger partial charge < -0.3 is 10.0 Å². The van der Waals surface area contributed by atoms with Gasteiger partial charge in [-0.05, 0) is 0 Å². The highest BCUT2D eigenvalue weighted by Gasteiger charge is 2.12. The predicted octanol–water partition coefficient (Wildman–Crippen LogP) is 0.0353. The normalized spacial score (nSPS) is 13.0. The highest BCUT2D eigenvalue weighted by molar-refractivity contribution is 6.43. The van der Waals surface area contributed by atoms with Gasteiger partial charge in [-0.1, -0.05) is 13.0 Å². The van der Waals surface area contributed by atoms with E-state index in [0.29, 0.717) is 0 Å². The summed E-state index contributed by atoms with van der Waals surface area (Å²) in [5.74, 6) is -0.222. The summed E-state index contributed by atoms with van der Waals surface area (Å²) in [5.41, 5.74) is 0. The summed E-state index contributed by atoms with van der Waals surface area (Å²) < 4.78 is 0. The first kappa shape index (κ1) is 6.72. The van der Waals surface area contributed by atoms with Crippen molar-refractivity contribution in [1.82, 2.24) is 0 Å². The third-order valence-electron chi connectivity index (χ3n) is 0.842. The average molecular weight is 99.9 g/mol. The second-order valence-electron chi connectivity index (χ2n) is 1.51. The lowest BCUT2D eigenvalue weighted by molar-refractivity contribution is 0.398. The van der Waals surface area contributed by atoms with Crippen LogP contribution in [0, 0.1) is 0 Å². The maximum absolute atomic E-state index is 8.31. The SMILES string of the molecule is C=CC(C)B(O)O. The zero-order valence-corrected chi connectivity index (χ0v) is 4.33. The number of allylic oxidation sites excluding steroid dienone is 1. The van der Waals surface area contributed by atoms with Crippen LogP contribution in [0.25, 0.3) is 0 Å². The van der Waals surface area contributed by atoms with E-state index in [9.17, 15) is 0 Å². The van der Waals surface area contributed by atoms with Crippen molar-refractivity contribution < 1.29 is 10.0 Å². The van der Waals surface area contributed by atoms with Gasteiger partial charge in [-0.25, -0.2) is 0 Å². The summed E-state index contributed by atoms with van der Waals surface area (Å²) in [4.78, 5) is 0. The van der Waals surface area contributed by atoms with Crippen LogP contribution < -0.4 is 0 Å². The molecule has 1 atom stereocenters. The first-order valence-electron chi connectivity index (χ1n) is 2.17. The Hall–Kier alpha value is -0.275. The van der Waals surface area contributed by atoms with Gasteiger partial charge in [-0.3, -0.25) is 0 Å². The largest absolute Gasteiger partial charge is 0.458 e. The van der Waals surface area contributed by atoms with Crippen molar-refractivity contribution in [2.45, 2.75) is 12.7 Å². The third-order valence-corrected chi connectivity index (χ3v) is 0.842. The van der Waals surface area contributed by atoms with E-state index in [1.807, 2.05) is 0 Å². The van der Waals surface area contributed by atoms with E-state index in [-0.39, 0.29) is 5.82 Å². The molecular formula is C4H9BO2. The minimum atomic E-state index is -1.25. The summed E-state index contributed by atoms with van der Waals surface area (Å²) in [6.45, 7) is 5.04. The predicted molar refractivity (Wildman–Crippen MR) is 29.8 cm³/mol. The molecule has 0 fully saturated rings. The topological polar surface area (TPSA) is 40.5 Å². The summed E-state index contributed by atoms with van der Waals surface area (Å²) in [6.07, 6.45) is 1.49. The lowest BCUT2D eigenvalue weighted by atomic mass is 9.75. The van der Waals surface area contributed by atoms with Crippen molar-refractivity contribution in [2.75, 3.05) is 0 Å². The van der Waals surface area contributed by atoms with Crippen molar-refractivity contribution in [2.24, 2.45) is 0 Å². The maximum Gasteiger partial charge on any atom is 0.458 e. The molecule has 0 aliphatic rings. The zero-order chi connectivity index (χ0) is 5.86. The first-order chi connectivity index (χ1) is 3.18. The van der Waals surface area contributed by atoms with Gasteiger partial charge in [0.2, 0.25) is 0 Å². The molecular weight excluding hydrogens is 90.9 g/mol. The van der Waals surface area contributed by atoms with Crippen LogP contribution in [0.5, 0.6) is 0 Å². The van der Waals surface area contributed by atoms with Crippen LogP contribution in [-0.4, -0.2) is 17.2 Å². The average Bonchev–Trinajstić information content (AvgIpc) is 1.65. The molecule has 0 aromatic heterocycles. The fourth-order valence-electron chi connectivity index (χ4n) is 0.122. The molecule has 0 radical (unpaired) electrons. The minimum absolute atomic E-state index is 0.222. The van der Waals surface area contributed by atoms with E-state index >= 15 is 0 Å². The van der Waals surface area contributed by atoms with Crippen LogP contribution in [0.15, 0.2) is 12.7 Å². The Morgan fingerprint density at radius 2 is 2.14 bits per heavy atom. The fourth-order valence-corrected chi connectivity index (χ4v) is 0.122. The summed E-state index contributed by atoms with van der Waals surface area (Å²) in [7, 11) is -1.25. The molecule has 0 aliphatic heterocycles. The van der Waals surface area contributed by atoms with Crippen LogP contribution in [0.2, 0.25) is 5.82 Å². The molecule has 0 bridgehead atoms. The summed E-state index contributed by atoms with van der Waals surface area (Å²) >= 11 is 0. The second-order valence-corrected chi connectivity index (χ2v) is 1.51. The first-order valence-corrected chi connectivity index (χ1v) is 2.17. The molecule has 0 saturated heterocycles. The molecule has 7 heavy (non-hydrogen) atoms. The highest BCUT2D eigenvalue weighted by Crippen LogP contribution is 2.03. The van der Waals surface area contributed by atoms with Gasteiger partial charge in [-0.15, -0.1) is 6.58 Å². The molecule has 0 aliphatic carbocycles. The third kappa shape index (κ3) is 2.42. The molecule has 0 aromatic carbocycles. The van der Waals surface area contributed by atoms with Crippen molar-refractivity contribution in [1.29, 1.82) is 0 Å². The molecule has 3 heteroatoms. The Bertz CT molecular complexity index is 62.7. The standard InChI is InChI=1S/C4H9BO2/c1-3-4(2)5(6)7/h3-4,6-7H,1H2,2H3. The Labute approximate surface area is 43.6 Å². The number of hydrogen-bond acceptors (Lipinski definition) is 2. The van der Waals surface area contributed by atoms with Gasteiger partial charge in [0.25, 0.3) is 0 Å². The molecule has 0 spiro atoms. The monoisotopic (exact) mass is 100 g/mol. The second kappa shape index (κ2) is 2.83. The van der Waals surface area contributed by atoms with Gasteiger partial charge >= 0.3 is 7.12 Å². The molecule has 2 N–H and O–H groups in total. The van der Waals surface area contributed by atoms with E-state index < -0.39 is 7.12 Å². The lowest BCUT2D eigenvalue weighted by Gasteiger charge is -1.98. The Balaban J connectivity index is 3.33. The van der Waals surface area contributed by atoms with Crippen molar-refractivity contribution in [3.8, 4) is 0 Å². The number of hydrogen-bond donors (Lipinski definition) is 2. The van der Waals surface area contributed by atoms with E-state index in [1.165, 1.54) is 6.08 Å². The van der Waals surface area contributed by atoms with Gasteiger partial charge in [0.05, 0.1) is 0 Å². The zero-order valence-electron chi connectivity index (χ0n) is 4.33. The molecule has 0 heterocycles. The summed E-state index contributed by atoms with van der Waals surface area (Å²) in [5, 5.41) is 16.6. The van der Waals surface area contributed by atoms with Crippen molar-refractivity contribution in [3.05, 3.63) is 12.7 Å². The van der Waals surface area contributed by atoms with E-state index in [4.69, 9.17) is 10.0 Å². The molecule has 0 rings (SSSR count). The fraction of sp³-hybridized carbons (Fsp3) is 0.500. The van der Waals surface area contributed by atoms with Gasteiger partial charge in [0.15, 0.2) is 0 Å². The van der Waals surface area contributed by atoms with E-state index in [0.717, 1.165) is 0 Å². The molecule has 1 unspecified atom stereocenters. The molecule has 40 valence electrons. The Kier molecular flexibility index (Phi) is 2.72. The smallest absolute Gasteiger partial charge is 0.427 e. The van der Waals surface area contributed by atoms with Crippen molar-refractivity contribution >= 4 is 7.12 Å². The van der Waals surface area contributed by atoms with Crippen LogP contribution in [-0.2, 0) is 0 Å². The van der Waals surface area contributed by atoms with E-state index in [1.54, 1.807) is 6.92 Å².